The molecule has 0 saturated carbocycles. The Morgan fingerprint density at radius 2 is 1.19 bits per heavy atom. The standard InChI is InChI=1S/C18H20N2O6/c1-23-15-7-3-13(4-8-15)11-25-20(18(22)17(19)21)26-12-14-5-9-16(24-2)10-6-14/h3-10H,11-12H2,1-2H3,(H2,19,21). The van der Waals surface area contributed by atoms with Crippen molar-refractivity contribution < 1.29 is 28.7 Å². The number of nitrogens with two attached hydrogens (primary N) is 1. The molecule has 0 aliphatic carbocycles. The van der Waals surface area contributed by atoms with Gasteiger partial charge in [0.05, 0.1) is 14.2 Å². The normalized spacial score (nSPS) is 10.2. The highest BCUT2D eigenvalue weighted by Gasteiger charge is 2.22. The summed E-state index contributed by atoms with van der Waals surface area (Å²) in [5.41, 5.74) is 6.53. The largest absolute Gasteiger partial charge is 0.497 e. The number of nitrogens with zero attached hydrogens (tertiary/aromatic N) is 1. The number of benzene rings is 2. The Morgan fingerprint density at radius 3 is 1.50 bits per heavy atom. The van der Waals surface area contributed by atoms with Crippen LogP contribution in [-0.2, 0) is 32.5 Å². The second kappa shape index (κ2) is 9.40. The molecule has 8 heteroatoms. The molecule has 0 heterocycles. The molecule has 2 aromatic carbocycles. The summed E-state index contributed by atoms with van der Waals surface area (Å²) in [5.74, 6) is -0.911. The smallest absolute Gasteiger partial charge is 0.361 e. The van der Waals surface area contributed by atoms with Crippen LogP contribution in [0.15, 0.2) is 48.5 Å². The van der Waals surface area contributed by atoms with Crippen LogP contribution < -0.4 is 15.2 Å². The number of carbonyl (C=O) groups is 2. The van der Waals surface area contributed by atoms with Gasteiger partial charge in [-0.2, -0.15) is 0 Å². The van der Waals surface area contributed by atoms with Crippen LogP contribution in [0, 0.1) is 0 Å². The fraction of sp³-hybridized carbons (Fsp3) is 0.222. The van der Waals surface area contributed by atoms with E-state index >= 15 is 0 Å². The highest BCUT2D eigenvalue weighted by atomic mass is 17.0. The summed E-state index contributed by atoms with van der Waals surface area (Å²) >= 11 is 0. The van der Waals surface area contributed by atoms with E-state index in [1.807, 2.05) is 0 Å². The van der Waals surface area contributed by atoms with Gasteiger partial charge in [0.1, 0.15) is 24.7 Å². The number of carbonyl (C=O) groups excluding carboxylic acids is 2. The lowest BCUT2D eigenvalue weighted by molar-refractivity contribution is -0.350. The zero-order chi connectivity index (χ0) is 18.9. The van der Waals surface area contributed by atoms with Crippen molar-refractivity contribution >= 4 is 11.8 Å². The molecule has 0 unspecified atom stereocenters. The third-order valence-electron chi connectivity index (χ3n) is 3.39. The molecular weight excluding hydrogens is 340 g/mol. The molecule has 0 bridgehead atoms. The molecule has 8 nitrogen and oxygen atoms in total. The maximum absolute atomic E-state index is 11.8. The molecule has 2 rings (SSSR count). The van der Waals surface area contributed by atoms with Gasteiger partial charge in [-0.15, -0.1) is 0 Å². The van der Waals surface area contributed by atoms with Gasteiger partial charge in [-0.3, -0.25) is 9.59 Å². The van der Waals surface area contributed by atoms with E-state index < -0.39 is 11.8 Å². The van der Waals surface area contributed by atoms with E-state index in [1.165, 1.54) is 0 Å². The first-order chi connectivity index (χ1) is 12.5. The van der Waals surface area contributed by atoms with Gasteiger partial charge in [0.2, 0.25) is 0 Å². The van der Waals surface area contributed by atoms with Gasteiger partial charge in [-0.1, -0.05) is 29.5 Å². The second-order valence-electron chi connectivity index (χ2n) is 5.17. The lowest BCUT2D eigenvalue weighted by Crippen LogP contribution is -2.40. The van der Waals surface area contributed by atoms with Crippen molar-refractivity contribution in [3.05, 3.63) is 59.7 Å². The minimum Gasteiger partial charge on any atom is -0.497 e. The van der Waals surface area contributed by atoms with Gasteiger partial charge in [0, 0.05) is 0 Å². The van der Waals surface area contributed by atoms with Gasteiger partial charge in [-0.25, -0.2) is 9.68 Å². The van der Waals surface area contributed by atoms with E-state index in [4.69, 9.17) is 24.9 Å². The number of rotatable bonds is 8. The first-order valence-electron chi connectivity index (χ1n) is 7.69. The molecule has 0 saturated heterocycles. The van der Waals surface area contributed by atoms with E-state index in [0.29, 0.717) is 16.7 Å². The predicted octanol–water partition coefficient (Wildman–Crippen LogP) is 1.58. The van der Waals surface area contributed by atoms with Crippen LogP contribution >= 0.6 is 0 Å². The molecule has 26 heavy (non-hydrogen) atoms. The molecule has 0 fully saturated rings. The van der Waals surface area contributed by atoms with Crippen molar-refractivity contribution in [2.75, 3.05) is 14.2 Å². The van der Waals surface area contributed by atoms with Crippen LogP contribution in [0.1, 0.15) is 11.1 Å². The monoisotopic (exact) mass is 360 g/mol. The summed E-state index contributed by atoms with van der Waals surface area (Å²) in [4.78, 5) is 33.6. The van der Waals surface area contributed by atoms with E-state index in [9.17, 15) is 9.59 Å². The van der Waals surface area contributed by atoms with Crippen molar-refractivity contribution in [2.24, 2.45) is 5.73 Å². The third-order valence-corrected chi connectivity index (χ3v) is 3.39. The summed E-state index contributed by atoms with van der Waals surface area (Å²) < 4.78 is 10.1. The molecule has 0 radical (unpaired) electrons. The quantitative estimate of drug-likeness (QED) is 0.567. The third kappa shape index (κ3) is 5.47. The Labute approximate surface area is 150 Å². The Morgan fingerprint density at radius 1 is 0.808 bits per heavy atom. The van der Waals surface area contributed by atoms with Crippen molar-refractivity contribution in [3.63, 3.8) is 0 Å². The summed E-state index contributed by atoms with van der Waals surface area (Å²) in [6.45, 7) is 0.0112. The van der Waals surface area contributed by atoms with E-state index in [0.717, 1.165) is 11.1 Å². The Hall–Kier alpha value is -3.10. The number of hydrogen-bond acceptors (Lipinski definition) is 6. The molecule has 0 aromatic heterocycles. The van der Waals surface area contributed by atoms with Crippen molar-refractivity contribution in [1.82, 2.24) is 5.23 Å². The van der Waals surface area contributed by atoms with Gasteiger partial charge < -0.3 is 15.2 Å². The summed E-state index contributed by atoms with van der Waals surface area (Å²) in [7, 11) is 3.12. The number of primary amides is 1. The first-order valence-corrected chi connectivity index (χ1v) is 7.69. The number of amides is 2. The first kappa shape index (κ1) is 19.2. The highest BCUT2D eigenvalue weighted by Crippen LogP contribution is 2.15. The Bertz CT molecular complexity index is 679. The van der Waals surface area contributed by atoms with Crippen LogP contribution in [0.25, 0.3) is 0 Å². The average molecular weight is 360 g/mol. The zero-order valence-corrected chi connectivity index (χ0v) is 14.5. The molecule has 2 aromatic rings. The Balaban J connectivity index is 1.97. The van der Waals surface area contributed by atoms with E-state index in [1.54, 1.807) is 62.8 Å². The molecule has 0 aliphatic rings. The van der Waals surface area contributed by atoms with Crippen LogP contribution in [0.2, 0.25) is 0 Å². The number of hydrogen-bond donors (Lipinski definition) is 1. The van der Waals surface area contributed by atoms with Crippen molar-refractivity contribution in [3.8, 4) is 11.5 Å². The van der Waals surface area contributed by atoms with Crippen LogP contribution in [-0.4, -0.2) is 31.3 Å². The lowest BCUT2D eigenvalue weighted by atomic mass is 10.2. The minimum atomic E-state index is -1.19. The topological polar surface area (TPSA) is 100 Å². The molecule has 0 atom stereocenters. The van der Waals surface area contributed by atoms with Crippen molar-refractivity contribution in [2.45, 2.75) is 13.2 Å². The fourth-order valence-corrected chi connectivity index (χ4v) is 1.95. The Kier molecular flexibility index (Phi) is 6.95. The summed E-state index contributed by atoms with van der Waals surface area (Å²) in [6, 6.07) is 14.0. The van der Waals surface area contributed by atoms with Crippen molar-refractivity contribution in [1.29, 1.82) is 0 Å². The van der Waals surface area contributed by atoms with E-state index in [-0.39, 0.29) is 13.2 Å². The minimum absolute atomic E-state index is 0.00558. The van der Waals surface area contributed by atoms with Gasteiger partial charge in [0.15, 0.2) is 0 Å². The number of hydroxylamine groups is 2. The highest BCUT2D eigenvalue weighted by molar-refractivity contribution is 6.33. The molecule has 2 N–H and O–H groups in total. The lowest BCUT2D eigenvalue weighted by Gasteiger charge is -2.19. The molecule has 138 valence electrons. The molecular formula is C18H20N2O6. The number of methoxy groups -OCH3 is 2. The average Bonchev–Trinajstić information content (AvgIpc) is 2.68. The van der Waals surface area contributed by atoms with Crippen LogP contribution in [0.4, 0.5) is 0 Å². The number of ether oxygens (including phenoxy) is 2. The molecule has 0 aliphatic heterocycles. The van der Waals surface area contributed by atoms with Gasteiger partial charge in [-0.05, 0) is 35.4 Å². The summed E-state index contributed by atoms with van der Waals surface area (Å²) in [6.07, 6.45) is 0. The maximum atomic E-state index is 11.8. The maximum Gasteiger partial charge on any atom is 0.361 e. The molecule has 2 amide bonds. The molecule has 0 spiro atoms. The van der Waals surface area contributed by atoms with Crippen LogP contribution in [0.3, 0.4) is 0 Å². The second-order valence-corrected chi connectivity index (χ2v) is 5.17. The zero-order valence-electron chi connectivity index (χ0n) is 14.5. The summed E-state index contributed by atoms with van der Waals surface area (Å²) in [5, 5.41) is 0.497. The SMILES string of the molecule is COc1ccc(CON(OCc2ccc(OC)cc2)C(=O)C(N)=O)cc1. The van der Waals surface area contributed by atoms with Gasteiger partial charge in [0.25, 0.3) is 0 Å². The fourth-order valence-electron chi connectivity index (χ4n) is 1.95. The van der Waals surface area contributed by atoms with E-state index in [2.05, 4.69) is 0 Å². The van der Waals surface area contributed by atoms with Gasteiger partial charge >= 0.3 is 11.8 Å². The van der Waals surface area contributed by atoms with Crippen LogP contribution in [0.5, 0.6) is 11.5 Å². The predicted molar refractivity (Wildman–Crippen MR) is 91.6 cm³/mol.